The third-order valence-corrected chi connectivity index (χ3v) is 4.19. The lowest BCUT2D eigenvalue weighted by molar-refractivity contribution is 0.0712. The molecule has 0 aromatic carbocycles. The van der Waals surface area contributed by atoms with E-state index in [1.165, 1.54) is 0 Å². The van der Waals surface area contributed by atoms with E-state index in [4.69, 9.17) is 9.15 Å². The minimum Gasteiger partial charge on any atom is -0.481 e. The number of amides is 1. The molecule has 7 heteroatoms. The van der Waals surface area contributed by atoms with E-state index >= 15 is 0 Å². The van der Waals surface area contributed by atoms with Gasteiger partial charge in [0.15, 0.2) is 5.76 Å². The van der Waals surface area contributed by atoms with Gasteiger partial charge in [-0.3, -0.25) is 4.79 Å². The Balaban J connectivity index is 1.66. The van der Waals surface area contributed by atoms with Crippen molar-refractivity contribution in [3.8, 4) is 5.88 Å². The number of carbonyl (C=O) groups excluding carboxylic acids is 1. The Bertz CT molecular complexity index is 705. The van der Waals surface area contributed by atoms with Crippen LogP contribution in [0.25, 0.3) is 0 Å². The smallest absolute Gasteiger partial charge is 0.289 e. The maximum Gasteiger partial charge on any atom is 0.289 e. The van der Waals surface area contributed by atoms with Gasteiger partial charge in [0, 0.05) is 44.0 Å². The number of rotatable bonds is 4. The Morgan fingerprint density at radius 3 is 2.67 bits per heavy atom. The zero-order valence-electron chi connectivity index (χ0n) is 14.2. The fraction of sp³-hybridized carbons (Fsp3) is 0.471. The molecular weight excluding hydrogens is 308 g/mol. The van der Waals surface area contributed by atoms with Crippen molar-refractivity contribution in [3.63, 3.8) is 0 Å². The third-order valence-electron chi connectivity index (χ3n) is 4.19. The number of methoxy groups -OCH3 is 1. The largest absolute Gasteiger partial charge is 0.481 e. The molecule has 0 radical (unpaired) electrons. The van der Waals surface area contributed by atoms with Gasteiger partial charge in [0.25, 0.3) is 5.91 Å². The lowest BCUT2D eigenvalue weighted by Crippen LogP contribution is -2.49. The van der Waals surface area contributed by atoms with E-state index in [1.54, 1.807) is 25.6 Å². The van der Waals surface area contributed by atoms with Crippen LogP contribution in [0.15, 0.2) is 29.0 Å². The predicted octanol–water partition coefficient (Wildman–Crippen LogP) is 2.16. The summed E-state index contributed by atoms with van der Waals surface area (Å²) in [6.07, 6.45) is 3.26. The van der Waals surface area contributed by atoms with Crippen LogP contribution in [0.2, 0.25) is 0 Å². The van der Waals surface area contributed by atoms with Crippen LogP contribution in [0.5, 0.6) is 5.88 Å². The molecule has 24 heavy (non-hydrogen) atoms. The molecule has 0 bridgehead atoms. The molecular formula is C17H22N4O3. The molecule has 3 heterocycles. The first-order chi connectivity index (χ1) is 11.6. The fourth-order valence-corrected chi connectivity index (χ4v) is 2.80. The summed E-state index contributed by atoms with van der Waals surface area (Å²) in [5.41, 5.74) is 0.957. The molecule has 1 aliphatic heterocycles. The van der Waals surface area contributed by atoms with Gasteiger partial charge in [-0.25, -0.2) is 4.98 Å². The predicted molar refractivity (Wildman–Crippen MR) is 89.5 cm³/mol. The van der Waals surface area contributed by atoms with Crippen LogP contribution in [0, 0.1) is 0 Å². The molecule has 0 atom stereocenters. The summed E-state index contributed by atoms with van der Waals surface area (Å²) in [4.78, 5) is 25.2. The van der Waals surface area contributed by atoms with Gasteiger partial charge in [0.2, 0.25) is 11.8 Å². The Morgan fingerprint density at radius 1 is 1.25 bits per heavy atom. The molecule has 1 saturated heterocycles. The number of carbonyl (C=O) groups is 1. The molecule has 1 amide bonds. The lowest BCUT2D eigenvalue weighted by Gasteiger charge is -2.34. The maximum atomic E-state index is 12.7. The second-order valence-corrected chi connectivity index (χ2v) is 6.04. The number of furan rings is 1. The van der Waals surface area contributed by atoms with Crippen LogP contribution in [0.3, 0.4) is 0 Å². The van der Waals surface area contributed by atoms with Crippen LogP contribution < -0.4 is 9.64 Å². The quantitative estimate of drug-likeness (QED) is 0.855. The van der Waals surface area contributed by atoms with Crippen LogP contribution in [-0.4, -0.2) is 54.1 Å². The van der Waals surface area contributed by atoms with Crippen LogP contribution in [-0.2, 0) is 0 Å². The summed E-state index contributed by atoms with van der Waals surface area (Å²) in [7, 11) is 1.58. The SMILES string of the molecule is COc1ccnc(N2CCN(C(=O)c3occc3C(C)C)CC2)n1. The van der Waals surface area contributed by atoms with Crippen molar-refractivity contribution in [2.45, 2.75) is 19.8 Å². The monoisotopic (exact) mass is 330 g/mol. The van der Waals surface area contributed by atoms with Gasteiger partial charge in [0.05, 0.1) is 13.4 Å². The number of anilines is 1. The first-order valence-corrected chi connectivity index (χ1v) is 8.08. The molecule has 1 aliphatic rings. The summed E-state index contributed by atoms with van der Waals surface area (Å²) >= 11 is 0. The molecule has 7 nitrogen and oxygen atoms in total. The average Bonchev–Trinajstić information content (AvgIpc) is 3.11. The van der Waals surface area contributed by atoms with E-state index in [0.717, 1.165) is 5.56 Å². The van der Waals surface area contributed by atoms with Crippen molar-refractivity contribution >= 4 is 11.9 Å². The fourth-order valence-electron chi connectivity index (χ4n) is 2.80. The van der Waals surface area contributed by atoms with Crippen molar-refractivity contribution in [1.29, 1.82) is 0 Å². The molecule has 0 saturated carbocycles. The van der Waals surface area contributed by atoms with Crippen LogP contribution in [0.1, 0.15) is 35.9 Å². The Morgan fingerprint density at radius 2 is 2.00 bits per heavy atom. The standard InChI is InChI=1S/C17H22N4O3/c1-12(2)13-5-11-24-15(13)16(22)20-7-9-21(10-8-20)17-18-6-4-14(19-17)23-3/h4-6,11-12H,7-10H2,1-3H3. The van der Waals surface area contributed by atoms with E-state index in [-0.39, 0.29) is 11.8 Å². The molecule has 2 aromatic heterocycles. The van der Waals surface area contributed by atoms with Gasteiger partial charge >= 0.3 is 0 Å². The number of ether oxygens (including phenoxy) is 1. The Hall–Kier alpha value is -2.57. The van der Waals surface area contributed by atoms with Crippen molar-refractivity contribution < 1.29 is 13.9 Å². The zero-order chi connectivity index (χ0) is 17.1. The minimum atomic E-state index is -0.0464. The average molecular weight is 330 g/mol. The topological polar surface area (TPSA) is 71.7 Å². The van der Waals surface area contributed by atoms with Gasteiger partial charge in [-0.1, -0.05) is 13.8 Å². The number of piperazine rings is 1. The van der Waals surface area contributed by atoms with E-state index < -0.39 is 0 Å². The number of hydrogen-bond acceptors (Lipinski definition) is 6. The molecule has 3 rings (SSSR count). The van der Waals surface area contributed by atoms with Crippen molar-refractivity contribution in [2.24, 2.45) is 0 Å². The van der Waals surface area contributed by atoms with Gasteiger partial charge in [0.1, 0.15) is 0 Å². The van der Waals surface area contributed by atoms with Crippen molar-refractivity contribution in [3.05, 3.63) is 35.9 Å². The van der Waals surface area contributed by atoms with E-state index in [9.17, 15) is 4.79 Å². The maximum absolute atomic E-state index is 12.7. The Kier molecular flexibility index (Phi) is 4.69. The van der Waals surface area contributed by atoms with Gasteiger partial charge in [-0.05, 0) is 12.0 Å². The highest BCUT2D eigenvalue weighted by atomic mass is 16.5. The van der Waals surface area contributed by atoms with E-state index in [2.05, 4.69) is 28.7 Å². The van der Waals surface area contributed by atoms with E-state index in [1.807, 2.05) is 11.0 Å². The molecule has 2 aromatic rings. The molecule has 1 fully saturated rings. The van der Waals surface area contributed by atoms with Crippen LogP contribution in [0.4, 0.5) is 5.95 Å². The molecule has 0 N–H and O–H groups in total. The van der Waals surface area contributed by atoms with Crippen molar-refractivity contribution in [1.82, 2.24) is 14.9 Å². The number of nitrogens with zero attached hydrogens (tertiary/aromatic N) is 4. The van der Waals surface area contributed by atoms with Crippen molar-refractivity contribution in [2.75, 3.05) is 38.2 Å². The van der Waals surface area contributed by atoms with Gasteiger partial charge < -0.3 is 19.0 Å². The lowest BCUT2D eigenvalue weighted by atomic mass is 10.0. The molecule has 128 valence electrons. The Labute approximate surface area is 141 Å². The molecule has 0 spiro atoms. The van der Waals surface area contributed by atoms with Gasteiger partial charge in [-0.15, -0.1) is 0 Å². The number of hydrogen-bond donors (Lipinski definition) is 0. The summed E-state index contributed by atoms with van der Waals surface area (Å²) in [5, 5.41) is 0. The first kappa shape index (κ1) is 16.3. The third kappa shape index (κ3) is 3.20. The van der Waals surface area contributed by atoms with Crippen LogP contribution >= 0.6 is 0 Å². The molecule has 0 unspecified atom stereocenters. The summed E-state index contributed by atoms with van der Waals surface area (Å²) in [6.45, 7) is 6.68. The van der Waals surface area contributed by atoms with E-state index in [0.29, 0.717) is 43.8 Å². The second-order valence-electron chi connectivity index (χ2n) is 6.04. The minimum absolute atomic E-state index is 0.0464. The number of aromatic nitrogens is 2. The highest BCUT2D eigenvalue weighted by Gasteiger charge is 2.27. The highest BCUT2D eigenvalue weighted by molar-refractivity contribution is 5.93. The highest BCUT2D eigenvalue weighted by Crippen LogP contribution is 2.23. The summed E-state index contributed by atoms with van der Waals surface area (Å²) in [5.74, 6) is 1.83. The second kappa shape index (κ2) is 6.90. The summed E-state index contributed by atoms with van der Waals surface area (Å²) < 4.78 is 10.6. The normalized spacial score (nSPS) is 15.0. The van der Waals surface area contributed by atoms with Gasteiger partial charge in [-0.2, -0.15) is 4.98 Å². The summed E-state index contributed by atoms with van der Waals surface area (Å²) in [6, 6.07) is 3.59. The zero-order valence-corrected chi connectivity index (χ0v) is 14.2. The first-order valence-electron chi connectivity index (χ1n) is 8.08. The molecule has 0 aliphatic carbocycles.